The Labute approximate surface area is 93.9 Å². The highest BCUT2D eigenvalue weighted by atomic mass is 127. The molecule has 2 rings (SSSR count). The van der Waals surface area contributed by atoms with Gasteiger partial charge in [0.2, 0.25) is 0 Å². The Morgan fingerprint density at radius 3 is 2.92 bits per heavy atom. The van der Waals surface area contributed by atoms with Crippen LogP contribution in [0, 0.1) is 16.4 Å². The van der Waals surface area contributed by atoms with Crippen molar-refractivity contribution in [2.24, 2.45) is 5.92 Å². The number of hydrogen-bond donors (Lipinski definition) is 0. The Morgan fingerprint density at radius 1 is 1.38 bits per heavy atom. The monoisotopic (exact) mass is 286 g/mol. The van der Waals surface area contributed by atoms with Crippen LogP contribution in [0.1, 0.15) is 30.0 Å². The van der Waals surface area contributed by atoms with Crippen LogP contribution < -0.4 is 0 Å². The zero-order valence-electron chi connectivity index (χ0n) is 8.23. The summed E-state index contributed by atoms with van der Waals surface area (Å²) in [7, 11) is 0. The van der Waals surface area contributed by atoms with Crippen molar-refractivity contribution in [3.8, 4) is 0 Å². The molecule has 0 nitrogen and oxygen atoms in total. The molecule has 0 unspecified atom stereocenters. The highest BCUT2D eigenvalue weighted by Crippen LogP contribution is 2.30. The minimum Gasteiger partial charge on any atom is -0.0622 e. The SMILES string of the molecule is Cc1ccc2c(c1I)CC[C@H](C)C2. The lowest BCUT2D eigenvalue weighted by atomic mass is 9.84. The largest absolute Gasteiger partial charge is 0.0622 e. The van der Waals surface area contributed by atoms with Crippen molar-refractivity contribution in [3.63, 3.8) is 0 Å². The van der Waals surface area contributed by atoms with E-state index in [2.05, 4.69) is 48.6 Å². The molecule has 13 heavy (non-hydrogen) atoms. The Hall–Kier alpha value is -0.0500. The van der Waals surface area contributed by atoms with Crippen LogP contribution in [0.4, 0.5) is 0 Å². The standard InChI is InChI=1S/C12H15I/c1-8-3-6-11-10(7-8)5-4-9(2)12(11)13/h4-5,8H,3,6-7H2,1-2H3/t8-/m0/s1. The molecule has 0 aromatic heterocycles. The Morgan fingerprint density at radius 2 is 2.15 bits per heavy atom. The summed E-state index contributed by atoms with van der Waals surface area (Å²) in [6, 6.07) is 4.58. The van der Waals surface area contributed by atoms with Crippen LogP contribution in [0.5, 0.6) is 0 Å². The number of hydrogen-bond acceptors (Lipinski definition) is 0. The van der Waals surface area contributed by atoms with Crippen molar-refractivity contribution < 1.29 is 0 Å². The molecular formula is C12H15I. The van der Waals surface area contributed by atoms with Gasteiger partial charge in [0.05, 0.1) is 0 Å². The third-order valence-electron chi connectivity index (χ3n) is 2.99. The first-order chi connectivity index (χ1) is 6.18. The van der Waals surface area contributed by atoms with E-state index in [-0.39, 0.29) is 0 Å². The fraction of sp³-hybridized carbons (Fsp3) is 0.500. The summed E-state index contributed by atoms with van der Waals surface area (Å²) in [6.45, 7) is 4.57. The fourth-order valence-electron chi connectivity index (χ4n) is 2.11. The van der Waals surface area contributed by atoms with Gasteiger partial charge in [-0.15, -0.1) is 0 Å². The van der Waals surface area contributed by atoms with E-state index in [0.717, 1.165) is 5.92 Å². The summed E-state index contributed by atoms with van der Waals surface area (Å²) in [6.07, 6.45) is 3.94. The van der Waals surface area contributed by atoms with E-state index in [4.69, 9.17) is 0 Å². The van der Waals surface area contributed by atoms with E-state index < -0.39 is 0 Å². The van der Waals surface area contributed by atoms with Crippen LogP contribution in [0.25, 0.3) is 0 Å². The Bertz CT molecular complexity index is 328. The van der Waals surface area contributed by atoms with Crippen molar-refractivity contribution in [2.75, 3.05) is 0 Å². The van der Waals surface area contributed by atoms with Crippen LogP contribution in [0.15, 0.2) is 12.1 Å². The summed E-state index contributed by atoms with van der Waals surface area (Å²) in [4.78, 5) is 0. The second kappa shape index (κ2) is 3.60. The topological polar surface area (TPSA) is 0 Å². The van der Waals surface area contributed by atoms with Gasteiger partial charge in [0.15, 0.2) is 0 Å². The molecule has 1 aromatic rings. The molecule has 0 heterocycles. The molecule has 0 saturated carbocycles. The average molecular weight is 286 g/mol. The highest BCUT2D eigenvalue weighted by molar-refractivity contribution is 14.1. The van der Waals surface area contributed by atoms with Crippen LogP contribution in [0.3, 0.4) is 0 Å². The molecular weight excluding hydrogens is 271 g/mol. The second-order valence-electron chi connectivity index (χ2n) is 4.18. The van der Waals surface area contributed by atoms with Crippen LogP contribution in [-0.4, -0.2) is 0 Å². The van der Waals surface area contributed by atoms with Crippen molar-refractivity contribution >= 4 is 22.6 Å². The molecule has 1 heteroatoms. The molecule has 1 aliphatic rings. The summed E-state index contributed by atoms with van der Waals surface area (Å²) in [5.41, 5.74) is 4.65. The normalized spacial score (nSPS) is 21.3. The van der Waals surface area contributed by atoms with E-state index in [9.17, 15) is 0 Å². The molecule has 0 radical (unpaired) electrons. The van der Waals surface area contributed by atoms with Gasteiger partial charge in [0, 0.05) is 3.57 Å². The molecule has 0 spiro atoms. The number of halogens is 1. The number of fused-ring (bicyclic) bond motifs is 1. The van der Waals surface area contributed by atoms with Gasteiger partial charge in [-0.05, 0) is 71.4 Å². The second-order valence-corrected chi connectivity index (χ2v) is 5.26. The van der Waals surface area contributed by atoms with Crippen LogP contribution in [0.2, 0.25) is 0 Å². The third-order valence-corrected chi connectivity index (χ3v) is 4.49. The number of rotatable bonds is 0. The molecule has 1 atom stereocenters. The molecule has 0 saturated heterocycles. The van der Waals surface area contributed by atoms with Gasteiger partial charge in [-0.1, -0.05) is 19.1 Å². The lowest BCUT2D eigenvalue weighted by Crippen LogP contribution is -2.13. The van der Waals surface area contributed by atoms with Crippen LogP contribution in [-0.2, 0) is 12.8 Å². The van der Waals surface area contributed by atoms with E-state index in [1.807, 2.05) is 0 Å². The molecule has 0 N–H and O–H groups in total. The first kappa shape index (κ1) is 9.50. The lowest BCUT2D eigenvalue weighted by molar-refractivity contribution is 0.500. The molecule has 0 aliphatic heterocycles. The molecule has 1 aliphatic carbocycles. The predicted octanol–water partition coefficient (Wildman–Crippen LogP) is 3.72. The zero-order valence-corrected chi connectivity index (χ0v) is 10.4. The quantitative estimate of drug-likeness (QED) is 0.638. The Kier molecular flexibility index (Phi) is 2.63. The maximum atomic E-state index is 2.49. The molecule has 0 amide bonds. The summed E-state index contributed by atoms with van der Waals surface area (Å²) in [5.74, 6) is 0.881. The summed E-state index contributed by atoms with van der Waals surface area (Å²) in [5, 5.41) is 0. The molecule has 1 aromatic carbocycles. The van der Waals surface area contributed by atoms with Crippen molar-refractivity contribution in [3.05, 3.63) is 32.4 Å². The van der Waals surface area contributed by atoms with Crippen molar-refractivity contribution in [1.82, 2.24) is 0 Å². The molecule has 0 bridgehead atoms. The van der Waals surface area contributed by atoms with Gasteiger partial charge in [0.1, 0.15) is 0 Å². The summed E-state index contributed by atoms with van der Waals surface area (Å²) >= 11 is 2.49. The van der Waals surface area contributed by atoms with E-state index in [0.29, 0.717) is 0 Å². The maximum absolute atomic E-state index is 2.49. The minimum absolute atomic E-state index is 0.881. The van der Waals surface area contributed by atoms with E-state index in [1.54, 1.807) is 11.1 Å². The predicted molar refractivity (Wildman–Crippen MR) is 65.1 cm³/mol. The van der Waals surface area contributed by atoms with Gasteiger partial charge < -0.3 is 0 Å². The summed E-state index contributed by atoms with van der Waals surface area (Å²) < 4.78 is 1.50. The van der Waals surface area contributed by atoms with E-state index >= 15 is 0 Å². The molecule has 0 fully saturated rings. The zero-order chi connectivity index (χ0) is 9.42. The fourth-order valence-corrected chi connectivity index (χ4v) is 2.90. The van der Waals surface area contributed by atoms with Gasteiger partial charge >= 0.3 is 0 Å². The lowest BCUT2D eigenvalue weighted by Gasteiger charge is -2.23. The van der Waals surface area contributed by atoms with Crippen LogP contribution >= 0.6 is 22.6 Å². The average Bonchev–Trinajstić information content (AvgIpc) is 2.12. The van der Waals surface area contributed by atoms with Crippen molar-refractivity contribution in [2.45, 2.75) is 33.1 Å². The first-order valence-corrected chi connectivity index (χ1v) is 6.03. The minimum atomic E-state index is 0.881. The van der Waals surface area contributed by atoms with Gasteiger partial charge in [0.25, 0.3) is 0 Å². The Balaban J connectivity index is 2.47. The number of aryl methyl sites for hydroxylation is 1. The van der Waals surface area contributed by atoms with Gasteiger partial charge in [-0.3, -0.25) is 0 Å². The first-order valence-electron chi connectivity index (χ1n) is 4.95. The van der Waals surface area contributed by atoms with Crippen molar-refractivity contribution in [1.29, 1.82) is 0 Å². The molecule has 70 valence electrons. The smallest absolute Gasteiger partial charge is 0.0194 e. The number of benzene rings is 1. The maximum Gasteiger partial charge on any atom is 0.0194 e. The van der Waals surface area contributed by atoms with E-state index in [1.165, 1.54) is 28.4 Å². The highest BCUT2D eigenvalue weighted by Gasteiger charge is 2.17. The van der Waals surface area contributed by atoms with Gasteiger partial charge in [-0.2, -0.15) is 0 Å². The third kappa shape index (κ3) is 1.76. The van der Waals surface area contributed by atoms with Gasteiger partial charge in [-0.25, -0.2) is 0 Å².